The van der Waals surface area contributed by atoms with E-state index in [1.807, 2.05) is 6.08 Å². The minimum atomic E-state index is -0.292. The fraction of sp³-hybridized carbons (Fsp3) is 0.812. The molecular formula is C16H31NO. The molecule has 0 heterocycles. The van der Waals surface area contributed by atoms with Crippen LogP contribution in [-0.4, -0.2) is 5.91 Å². The topological polar surface area (TPSA) is 43.1 Å². The highest BCUT2D eigenvalue weighted by Crippen LogP contribution is 2.12. The normalized spacial score (nSPS) is 12.1. The van der Waals surface area contributed by atoms with Crippen molar-refractivity contribution in [3.8, 4) is 0 Å². The lowest BCUT2D eigenvalue weighted by molar-refractivity contribution is -0.114. The lowest BCUT2D eigenvalue weighted by atomic mass is 10.0. The molecule has 0 aliphatic rings. The van der Waals surface area contributed by atoms with Crippen LogP contribution in [0.1, 0.15) is 78.6 Å². The number of carbonyl (C=O) groups is 1. The van der Waals surface area contributed by atoms with Crippen molar-refractivity contribution in [3.63, 3.8) is 0 Å². The van der Waals surface area contributed by atoms with Gasteiger partial charge >= 0.3 is 0 Å². The molecule has 0 aliphatic carbocycles. The fourth-order valence-corrected chi connectivity index (χ4v) is 2.00. The van der Waals surface area contributed by atoms with E-state index in [2.05, 4.69) is 13.8 Å². The predicted octanol–water partition coefficient (Wildman–Crippen LogP) is 4.58. The maximum atomic E-state index is 10.8. The third-order valence-corrected chi connectivity index (χ3v) is 3.32. The fourth-order valence-electron chi connectivity index (χ4n) is 2.00. The van der Waals surface area contributed by atoms with Crippen molar-refractivity contribution in [2.75, 3.05) is 0 Å². The van der Waals surface area contributed by atoms with Crippen LogP contribution in [0.4, 0.5) is 0 Å². The minimum absolute atomic E-state index is 0.292. The molecular weight excluding hydrogens is 222 g/mol. The summed E-state index contributed by atoms with van der Waals surface area (Å²) in [6, 6.07) is 0. The summed E-state index contributed by atoms with van der Waals surface area (Å²) >= 11 is 0. The second kappa shape index (κ2) is 11.3. The Morgan fingerprint density at radius 3 is 2.00 bits per heavy atom. The Labute approximate surface area is 113 Å². The van der Waals surface area contributed by atoms with Crippen molar-refractivity contribution in [2.45, 2.75) is 78.6 Å². The Hall–Kier alpha value is -0.790. The SMILES string of the molecule is C/C(=C\CCCCCCCCCC(C)C)C(N)=O. The minimum Gasteiger partial charge on any atom is -0.366 e. The molecule has 0 aromatic rings. The van der Waals surface area contributed by atoms with Crippen LogP contribution >= 0.6 is 0 Å². The van der Waals surface area contributed by atoms with E-state index in [4.69, 9.17) is 5.73 Å². The van der Waals surface area contributed by atoms with E-state index in [9.17, 15) is 4.79 Å². The molecule has 0 aliphatic heterocycles. The molecule has 0 aromatic carbocycles. The second-order valence-corrected chi connectivity index (χ2v) is 5.70. The number of nitrogens with two attached hydrogens (primary N) is 1. The molecule has 0 bridgehead atoms. The number of rotatable bonds is 11. The maximum absolute atomic E-state index is 10.8. The predicted molar refractivity (Wildman–Crippen MR) is 79.3 cm³/mol. The van der Waals surface area contributed by atoms with Crippen LogP contribution in [-0.2, 0) is 4.79 Å². The summed E-state index contributed by atoms with van der Waals surface area (Å²) in [5, 5.41) is 0. The third-order valence-electron chi connectivity index (χ3n) is 3.32. The highest BCUT2D eigenvalue weighted by atomic mass is 16.1. The molecule has 106 valence electrons. The first-order valence-electron chi connectivity index (χ1n) is 7.50. The number of amides is 1. The van der Waals surface area contributed by atoms with Crippen LogP contribution in [0.5, 0.6) is 0 Å². The van der Waals surface area contributed by atoms with Crippen LogP contribution in [0.2, 0.25) is 0 Å². The Bertz CT molecular complexity index is 243. The van der Waals surface area contributed by atoms with E-state index in [0.29, 0.717) is 5.57 Å². The monoisotopic (exact) mass is 253 g/mol. The van der Waals surface area contributed by atoms with Crippen molar-refractivity contribution >= 4 is 5.91 Å². The molecule has 1 amide bonds. The van der Waals surface area contributed by atoms with Crippen LogP contribution in [0.25, 0.3) is 0 Å². The largest absolute Gasteiger partial charge is 0.366 e. The third kappa shape index (κ3) is 11.7. The van der Waals surface area contributed by atoms with Crippen LogP contribution < -0.4 is 5.73 Å². The highest BCUT2D eigenvalue weighted by Gasteiger charge is 1.96. The number of carbonyl (C=O) groups excluding carboxylic acids is 1. The van der Waals surface area contributed by atoms with Crippen molar-refractivity contribution in [1.29, 1.82) is 0 Å². The Balaban J connectivity index is 3.22. The summed E-state index contributed by atoms with van der Waals surface area (Å²) in [4.78, 5) is 10.8. The zero-order chi connectivity index (χ0) is 13.8. The van der Waals surface area contributed by atoms with Crippen LogP contribution in [0, 0.1) is 5.92 Å². The number of unbranched alkanes of at least 4 members (excludes halogenated alkanes) is 7. The summed E-state index contributed by atoms with van der Waals surface area (Å²) in [6.07, 6.45) is 13.6. The summed E-state index contributed by atoms with van der Waals surface area (Å²) < 4.78 is 0. The lowest BCUT2D eigenvalue weighted by Gasteiger charge is -2.04. The standard InChI is InChI=1S/C16H31NO/c1-14(2)12-10-8-6-4-5-7-9-11-13-15(3)16(17)18/h13-14H,4-12H2,1-3H3,(H2,17,18)/b15-13+. The maximum Gasteiger partial charge on any atom is 0.244 e. The second-order valence-electron chi connectivity index (χ2n) is 5.70. The van der Waals surface area contributed by atoms with E-state index in [0.717, 1.165) is 12.3 Å². The van der Waals surface area contributed by atoms with Gasteiger partial charge in [-0.1, -0.05) is 64.9 Å². The number of hydrogen-bond donors (Lipinski definition) is 1. The molecule has 0 aromatic heterocycles. The van der Waals surface area contributed by atoms with E-state index < -0.39 is 0 Å². The molecule has 0 atom stereocenters. The molecule has 0 fully saturated rings. The molecule has 0 rings (SSSR count). The first-order chi connectivity index (χ1) is 8.54. The molecule has 0 unspecified atom stereocenters. The summed E-state index contributed by atoms with van der Waals surface area (Å²) in [6.45, 7) is 6.38. The molecule has 0 spiro atoms. The molecule has 2 N–H and O–H groups in total. The summed E-state index contributed by atoms with van der Waals surface area (Å²) in [5.41, 5.74) is 5.86. The van der Waals surface area contributed by atoms with Gasteiger partial charge in [-0.2, -0.15) is 0 Å². The quantitative estimate of drug-likeness (QED) is 0.425. The molecule has 2 heteroatoms. The smallest absolute Gasteiger partial charge is 0.244 e. The van der Waals surface area contributed by atoms with Crippen molar-refractivity contribution in [2.24, 2.45) is 11.7 Å². The van der Waals surface area contributed by atoms with E-state index in [1.54, 1.807) is 6.92 Å². The van der Waals surface area contributed by atoms with Gasteiger partial charge in [-0.3, -0.25) is 4.79 Å². The van der Waals surface area contributed by atoms with Gasteiger partial charge in [-0.05, 0) is 25.7 Å². The van der Waals surface area contributed by atoms with Crippen molar-refractivity contribution in [3.05, 3.63) is 11.6 Å². The van der Waals surface area contributed by atoms with Gasteiger partial charge in [0.1, 0.15) is 0 Å². The van der Waals surface area contributed by atoms with Crippen molar-refractivity contribution < 1.29 is 4.79 Å². The lowest BCUT2D eigenvalue weighted by Crippen LogP contribution is -2.11. The Kier molecular flexibility index (Phi) is 10.8. The van der Waals surface area contributed by atoms with E-state index >= 15 is 0 Å². The number of hydrogen-bond acceptors (Lipinski definition) is 1. The average molecular weight is 253 g/mol. The Morgan fingerprint density at radius 1 is 1.00 bits per heavy atom. The number of allylic oxidation sites excluding steroid dienone is 1. The van der Waals surface area contributed by atoms with Gasteiger partial charge in [0.25, 0.3) is 0 Å². The van der Waals surface area contributed by atoms with Gasteiger partial charge in [0.05, 0.1) is 0 Å². The van der Waals surface area contributed by atoms with Gasteiger partial charge in [0, 0.05) is 5.57 Å². The number of primary amides is 1. The molecule has 0 saturated carbocycles. The molecule has 18 heavy (non-hydrogen) atoms. The van der Waals surface area contributed by atoms with Gasteiger partial charge in [0.2, 0.25) is 5.91 Å². The molecule has 0 saturated heterocycles. The van der Waals surface area contributed by atoms with Gasteiger partial charge in [-0.25, -0.2) is 0 Å². The van der Waals surface area contributed by atoms with Crippen LogP contribution in [0.3, 0.4) is 0 Å². The first kappa shape index (κ1) is 17.2. The average Bonchev–Trinajstić information content (AvgIpc) is 2.30. The van der Waals surface area contributed by atoms with Crippen molar-refractivity contribution in [1.82, 2.24) is 0 Å². The zero-order valence-corrected chi connectivity index (χ0v) is 12.5. The zero-order valence-electron chi connectivity index (χ0n) is 12.5. The summed E-state index contributed by atoms with van der Waals surface area (Å²) in [5.74, 6) is 0.561. The Morgan fingerprint density at radius 2 is 1.50 bits per heavy atom. The van der Waals surface area contributed by atoms with E-state index in [-0.39, 0.29) is 5.91 Å². The molecule has 2 nitrogen and oxygen atoms in total. The molecule has 0 radical (unpaired) electrons. The van der Waals surface area contributed by atoms with Gasteiger partial charge < -0.3 is 5.73 Å². The van der Waals surface area contributed by atoms with Gasteiger partial charge in [0.15, 0.2) is 0 Å². The summed E-state index contributed by atoms with van der Waals surface area (Å²) in [7, 11) is 0. The van der Waals surface area contributed by atoms with Gasteiger partial charge in [-0.15, -0.1) is 0 Å². The van der Waals surface area contributed by atoms with E-state index in [1.165, 1.54) is 51.4 Å². The highest BCUT2D eigenvalue weighted by molar-refractivity contribution is 5.91. The van der Waals surface area contributed by atoms with Crippen LogP contribution in [0.15, 0.2) is 11.6 Å². The first-order valence-corrected chi connectivity index (χ1v) is 7.50.